The van der Waals surface area contributed by atoms with Gasteiger partial charge in [0.25, 0.3) is 0 Å². The van der Waals surface area contributed by atoms with Gasteiger partial charge in [0.2, 0.25) is 0 Å². The molecule has 612 valence electrons. The van der Waals surface area contributed by atoms with Crippen LogP contribution in [0.1, 0.15) is 297 Å². The number of allylic oxidation sites excluding steroid dienone is 24. The third-order valence-corrected chi connectivity index (χ3v) is 38.5. The number of hydrogen-bond acceptors (Lipinski definition) is 0. The third kappa shape index (κ3) is 12.6. The molecule has 24 aliphatic rings. The summed E-state index contributed by atoms with van der Waals surface area (Å²) in [6, 6.07) is 0. The molecule has 0 amide bonds. The molecule has 0 aromatic rings. The van der Waals surface area contributed by atoms with Gasteiger partial charge in [-0.05, 0) is 427 Å². The lowest BCUT2D eigenvalue weighted by Gasteiger charge is -2.41. The molecule has 0 spiro atoms. The molecule has 0 nitrogen and oxygen atoms in total. The van der Waals surface area contributed by atoms with Crippen molar-refractivity contribution in [3.8, 4) is 0 Å². The molecule has 0 N–H and O–H groups in total. The minimum Gasteiger partial charge on any atom is -0.0850 e. The van der Waals surface area contributed by atoms with Gasteiger partial charge in [0, 0.05) is 0 Å². The molecular formula is C110H172. The molecule has 24 aliphatic carbocycles. The van der Waals surface area contributed by atoms with Gasteiger partial charge in [0.1, 0.15) is 0 Å². The summed E-state index contributed by atoms with van der Waals surface area (Å²) in [4.78, 5) is 0. The maximum atomic E-state index is 2.62. The first kappa shape index (κ1) is 84.8. The summed E-state index contributed by atoms with van der Waals surface area (Å²) in [5.41, 5.74) is 19.5. The van der Waals surface area contributed by atoms with E-state index in [0.717, 1.165) is 249 Å². The zero-order chi connectivity index (χ0) is 71.6. The first-order valence-electron chi connectivity index (χ1n) is 46.5. The molecular weight excluding hydrogens is 1320 g/mol. The van der Waals surface area contributed by atoms with Crippen LogP contribution in [0.3, 0.4) is 0 Å². The number of fused-ring (bicyclic) bond motifs is 54. The predicted octanol–water partition coefficient (Wildman–Crippen LogP) is 31.2. The van der Waals surface area contributed by atoms with Crippen LogP contribution >= 0.6 is 0 Å². The topological polar surface area (TPSA) is 0 Å². The van der Waals surface area contributed by atoms with Crippen LogP contribution in [0, 0.1) is 249 Å². The summed E-state index contributed by atoms with van der Waals surface area (Å²) in [6.07, 6.45) is 64.1. The van der Waals surface area contributed by atoms with Crippen molar-refractivity contribution in [1.29, 1.82) is 0 Å². The van der Waals surface area contributed by atoms with Crippen molar-refractivity contribution in [3.05, 3.63) is 140 Å². The maximum absolute atomic E-state index is 2.62. The molecule has 18 fully saturated rings. The van der Waals surface area contributed by atoms with Crippen molar-refractivity contribution < 1.29 is 0 Å². The summed E-state index contributed by atoms with van der Waals surface area (Å²) in [7, 11) is 0. The Hall–Kier alpha value is -3.12. The molecule has 0 saturated heterocycles. The quantitative estimate of drug-likeness (QED) is 0.159. The predicted molar refractivity (Wildman–Crippen MR) is 478 cm³/mol. The second-order valence-electron chi connectivity index (χ2n) is 43.5. The highest BCUT2D eigenvalue weighted by atomic mass is 14.7. The minimum absolute atomic E-state index is 0. The first-order valence-corrected chi connectivity index (χ1v) is 46.5. The fourth-order valence-electron chi connectivity index (χ4n) is 36.8. The smallest absolute Gasteiger partial charge is 0.0143 e. The van der Waals surface area contributed by atoms with E-state index in [1.54, 1.807) is 40.7 Å². The summed E-state index contributed by atoms with van der Waals surface area (Å²) < 4.78 is 0. The van der Waals surface area contributed by atoms with E-state index in [0.29, 0.717) is 0 Å². The second-order valence-corrected chi connectivity index (χ2v) is 43.5. The van der Waals surface area contributed by atoms with Crippen molar-refractivity contribution in [2.45, 2.75) is 297 Å². The summed E-state index contributed by atoms with van der Waals surface area (Å²) in [5.74, 6) is 41.8. The average Bonchev–Trinajstić information content (AvgIpc) is 1.56. The van der Waals surface area contributed by atoms with Crippen molar-refractivity contribution in [2.24, 2.45) is 249 Å². The molecule has 0 aromatic carbocycles. The first-order chi connectivity index (χ1) is 50.3. The Bertz CT molecular complexity index is 3700. The van der Waals surface area contributed by atoms with Crippen LogP contribution in [-0.2, 0) is 0 Å². The lowest BCUT2D eigenvalue weighted by atomic mass is 9.64. The molecule has 41 unspecified atom stereocenters. The maximum Gasteiger partial charge on any atom is -0.0143 e. The van der Waals surface area contributed by atoms with Crippen LogP contribution in [0.2, 0.25) is 0 Å². The van der Waals surface area contributed by atoms with Crippen LogP contribution < -0.4 is 0 Å². The standard InChI is InChI=1S/2C19H28.C18H26.C17H24.C16H22.C15H20.6CH4/c1-4-5-6-14-15-10-16(17(14)11(2)3)19-13-8-7-12(9-13)18(15)19;1-3-5-7-15-14(6-4-2)16-11-17(15)19-13-9-8-12(10-13)18(16)19;1-9(2)15-13-8-14(16(15)10(3)4)18-12-6-5-11(7-12)17(13)18;1-4-12-13-8-14(15(12)9(2)3)17-11-6-5-10(7-11)16(13)17;1-8(2)14-9(3)12-7-13(14)16-11-5-4-10(6-11)15(12)16;1-8(2)12-6-11-7-13(12)15-10-4-3-9(5-10)14(11)15;;;;;;/h7-8,12-16,18-19H,4-6,9-10H2,1-3H3;6,8-9,12-13,15-19H,3-5,7,10-11H2,1-2H3;5-6,9,11-15,17-18H,7-8H2,1-4H3;5-6,10-14,16-17H,4,7-8H2,1-3H3;4-5,9-13,15-16H,6-7H2,1-3H3;3-4,9-11,13-15H,5-7H2,1-2H3;6*1H4/b;14-6-;;;;;;;;;;. The summed E-state index contributed by atoms with van der Waals surface area (Å²) in [5, 5.41) is 0. The van der Waals surface area contributed by atoms with Crippen molar-refractivity contribution in [2.75, 3.05) is 0 Å². The van der Waals surface area contributed by atoms with Crippen LogP contribution in [0.15, 0.2) is 140 Å². The number of unbranched alkanes of at least 4 members (excludes halogenated alkanes) is 2. The highest BCUT2D eigenvalue weighted by Crippen LogP contribution is 2.76. The molecule has 41 atom stereocenters. The SMILES string of the molecule is C.C.C.C.C.C.CC(C)=C1C(C)C2CC1C1C3C=CC(C3)C21.CC(C)=C1C2CC(C1C(C)C)C1C3C=CC(C3)C21.CC(C)=C1CC2CC1C1C3C=CC(C3)C21.CC/C=C1/C(CCCC)C2CC1C1C3C=CC(C3)C21.CCC1C(=C(C)C)C2CC1C1C3C=CC(C3)C21.CCCCC1C(=C(C)C)C2CC1C1C3C=CC(C3)C21. The van der Waals surface area contributed by atoms with Gasteiger partial charge in [-0.25, -0.2) is 0 Å². The molecule has 0 aromatic heterocycles. The Morgan fingerprint density at radius 1 is 0.327 bits per heavy atom. The van der Waals surface area contributed by atoms with Crippen LogP contribution in [0.25, 0.3) is 0 Å². The van der Waals surface area contributed by atoms with Gasteiger partial charge in [-0.1, -0.05) is 259 Å². The Morgan fingerprint density at radius 3 is 1.05 bits per heavy atom. The van der Waals surface area contributed by atoms with Gasteiger partial charge in [-0.15, -0.1) is 0 Å². The van der Waals surface area contributed by atoms with Crippen LogP contribution in [0.4, 0.5) is 0 Å². The molecule has 110 heavy (non-hydrogen) atoms. The van der Waals surface area contributed by atoms with Gasteiger partial charge in [-0.2, -0.15) is 0 Å². The van der Waals surface area contributed by atoms with E-state index in [-0.39, 0.29) is 44.6 Å². The summed E-state index contributed by atoms with van der Waals surface area (Å²) >= 11 is 0. The van der Waals surface area contributed by atoms with E-state index >= 15 is 0 Å². The summed E-state index contributed by atoms with van der Waals surface area (Å²) in [6.45, 7) is 40.4. The van der Waals surface area contributed by atoms with Crippen molar-refractivity contribution >= 4 is 0 Å². The van der Waals surface area contributed by atoms with E-state index in [4.69, 9.17) is 0 Å². The Labute approximate surface area is 681 Å². The van der Waals surface area contributed by atoms with Crippen LogP contribution in [0.5, 0.6) is 0 Å². The van der Waals surface area contributed by atoms with E-state index in [2.05, 4.69) is 197 Å². The molecule has 18 saturated carbocycles. The monoisotopic (exact) mass is 1490 g/mol. The molecule has 0 heteroatoms. The van der Waals surface area contributed by atoms with E-state index in [9.17, 15) is 0 Å². The zero-order valence-electron chi connectivity index (χ0n) is 69.1. The fourth-order valence-corrected chi connectivity index (χ4v) is 36.8. The lowest BCUT2D eigenvalue weighted by Crippen LogP contribution is -2.35. The highest BCUT2D eigenvalue weighted by Gasteiger charge is 2.68. The number of hydrogen-bond donors (Lipinski definition) is 0. The number of rotatable bonds is 9. The van der Waals surface area contributed by atoms with Crippen molar-refractivity contribution in [3.63, 3.8) is 0 Å². The lowest BCUT2D eigenvalue weighted by molar-refractivity contribution is 0.165. The van der Waals surface area contributed by atoms with Gasteiger partial charge >= 0.3 is 0 Å². The molecule has 24 rings (SSSR count). The molecule has 0 radical (unpaired) electrons. The van der Waals surface area contributed by atoms with E-state index < -0.39 is 0 Å². The minimum atomic E-state index is 0. The molecule has 24 bridgehead atoms. The van der Waals surface area contributed by atoms with Gasteiger partial charge in [-0.3, -0.25) is 0 Å². The zero-order valence-corrected chi connectivity index (χ0v) is 69.1. The third-order valence-electron chi connectivity index (χ3n) is 38.5. The Kier molecular flexibility index (Phi) is 24.9. The highest BCUT2D eigenvalue weighted by molar-refractivity contribution is 5.40. The molecule has 0 heterocycles. The van der Waals surface area contributed by atoms with Gasteiger partial charge in [0.15, 0.2) is 0 Å². The average molecular weight is 1490 g/mol. The Balaban J connectivity index is 0.000000115. The molecule has 0 aliphatic heterocycles. The van der Waals surface area contributed by atoms with E-state index in [1.807, 2.05) is 33.4 Å². The fraction of sp³-hybridized carbons (Fsp3) is 0.782. The Morgan fingerprint density at radius 2 is 0.645 bits per heavy atom. The second kappa shape index (κ2) is 32.3. The van der Waals surface area contributed by atoms with Gasteiger partial charge < -0.3 is 0 Å². The van der Waals surface area contributed by atoms with E-state index in [1.165, 1.54) is 122 Å². The van der Waals surface area contributed by atoms with Crippen LogP contribution in [-0.4, -0.2) is 0 Å². The normalized spacial score (nSPS) is 49.7. The van der Waals surface area contributed by atoms with Gasteiger partial charge in [0.05, 0.1) is 0 Å². The van der Waals surface area contributed by atoms with Crippen molar-refractivity contribution in [1.82, 2.24) is 0 Å². The largest absolute Gasteiger partial charge is 0.0850 e.